The van der Waals surface area contributed by atoms with Gasteiger partial charge in [0.25, 0.3) is 0 Å². The van der Waals surface area contributed by atoms with Crippen molar-refractivity contribution < 1.29 is 4.79 Å². The summed E-state index contributed by atoms with van der Waals surface area (Å²) in [5, 5.41) is 7.88. The molecule has 0 aliphatic rings. The van der Waals surface area contributed by atoms with Crippen LogP contribution in [0.1, 0.15) is 43.6 Å². The Morgan fingerprint density at radius 2 is 1.89 bits per heavy atom. The Bertz CT molecular complexity index is 989. The lowest BCUT2D eigenvalue weighted by Gasteiger charge is -2.17. The number of para-hydroxylation sites is 1. The second kappa shape index (κ2) is 8.22. The van der Waals surface area contributed by atoms with Gasteiger partial charge in [0.1, 0.15) is 0 Å². The number of carbonyl (C=O) groups is 1. The first kappa shape index (κ1) is 20.2. The van der Waals surface area contributed by atoms with Gasteiger partial charge in [0.2, 0.25) is 5.91 Å². The summed E-state index contributed by atoms with van der Waals surface area (Å²) in [6.07, 6.45) is 3.73. The number of nitrogens with zero attached hydrogens (tertiary/aromatic N) is 4. The molecule has 0 bridgehead atoms. The molecule has 3 aromatic rings. The molecule has 1 unspecified atom stereocenters. The van der Waals surface area contributed by atoms with Gasteiger partial charge >= 0.3 is 0 Å². The predicted molar refractivity (Wildman–Crippen MR) is 114 cm³/mol. The van der Waals surface area contributed by atoms with Gasteiger partial charge in [-0.2, -0.15) is 5.10 Å². The zero-order chi connectivity index (χ0) is 20.4. The SMILES string of the molecule is Cc1nn(C)c(C)c1NC(=O)C(C)Sc1nccn1-c1ccccc1C(C)C. The molecule has 1 amide bonds. The van der Waals surface area contributed by atoms with Gasteiger partial charge < -0.3 is 5.32 Å². The topological polar surface area (TPSA) is 64.7 Å². The van der Waals surface area contributed by atoms with Crippen molar-refractivity contribution in [2.24, 2.45) is 7.05 Å². The first-order valence-corrected chi connectivity index (χ1v) is 10.3. The van der Waals surface area contributed by atoms with Crippen molar-refractivity contribution in [3.8, 4) is 5.69 Å². The van der Waals surface area contributed by atoms with Crippen LogP contribution in [0, 0.1) is 13.8 Å². The Balaban J connectivity index is 1.80. The second-order valence-electron chi connectivity index (χ2n) is 7.21. The number of benzene rings is 1. The predicted octanol–water partition coefficient (Wildman–Crippen LogP) is 4.47. The molecule has 1 atom stereocenters. The van der Waals surface area contributed by atoms with Crippen LogP contribution in [0.5, 0.6) is 0 Å². The van der Waals surface area contributed by atoms with Crippen LogP contribution in [0.25, 0.3) is 5.69 Å². The highest BCUT2D eigenvalue weighted by atomic mass is 32.2. The van der Waals surface area contributed by atoms with Crippen LogP contribution >= 0.6 is 11.8 Å². The lowest BCUT2D eigenvalue weighted by Crippen LogP contribution is -2.23. The molecule has 3 rings (SSSR count). The Hall–Kier alpha value is -2.54. The number of imidazole rings is 1. The van der Waals surface area contributed by atoms with Crippen molar-refractivity contribution in [1.29, 1.82) is 0 Å². The Labute approximate surface area is 170 Å². The van der Waals surface area contributed by atoms with E-state index in [1.165, 1.54) is 17.3 Å². The molecule has 0 spiro atoms. The van der Waals surface area contributed by atoms with Crippen LogP contribution in [0.3, 0.4) is 0 Å². The molecule has 148 valence electrons. The molecule has 28 heavy (non-hydrogen) atoms. The van der Waals surface area contributed by atoms with Gasteiger partial charge in [0.05, 0.1) is 28.0 Å². The molecule has 0 saturated carbocycles. The third-order valence-corrected chi connectivity index (χ3v) is 5.91. The molecule has 2 aromatic heterocycles. The molecule has 7 heteroatoms. The number of aromatic nitrogens is 4. The summed E-state index contributed by atoms with van der Waals surface area (Å²) in [7, 11) is 1.87. The molecule has 0 fully saturated rings. The van der Waals surface area contributed by atoms with E-state index >= 15 is 0 Å². The van der Waals surface area contributed by atoms with Crippen molar-refractivity contribution in [1.82, 2.24) is 19.3 Å². The smallest absolute Gasteiger partial charge is 0.237 e. The van der Waals surface area contributed by atoms with E-state index in [0.29, 0.717) is 5.92 Å². The quantitative estimate of drug-likeness (QED) is 0.624. The van der Waals surface area contributed by atoms with Crippen LogP contribution in [-0.4, -0.2) is 30.5 Å². The molecule has 0 saturated heterocycles. The first-order chi connectivity index (χ1) is 13.3. The maximum atomic E-state index is 12.8. The summed E-state index contributed by atoms with van der Waals surface area (Å²) in [6, 6.07) is 8.31. The summed E-state index contributed by atoms with van der Waals surface area (Å²) in [4.78, 5) is 17.3. The summed E-state index contributed by atoms with van der Waals surface area (Å²) >= 11 is 1.45. The van der Waals surface area contributed by atoms with Crippen LogP contribution in [-0.2, 0) is 11.8 Å². The molecule has 0 aliphatic heterocycles. The minimum absolute atomic E-state index is 0.0594. The lowest BCUT2D eigenvalue weighted by molar-refractivity contribution is -0.115. The fourth-order valence-electron chi connectivity index (χ4n) is 3.15. The van der Waals surface area contributed by atoms with E-state index in [4.69, 9.17) is 0 Å². The van der Waals surface area contributed by atoms with E-state index in [2.05, 4.69) is 52.0 Å². The lowest BCUT2D eigenvalue weighted by atomic mass is 10.0. The standard InChI is InChI=1S/C21H27N5OS/c1-13(2)17-9-7-8-10-18(17)26-12-11-22-21(26)28-16(5)20(27)23-19-14(3)24-25(6)15(19)4/h7-13,16H,1-6H3,(H,23,27). The van der Waals surface area contributed by atoms with Crippen molar-refractivity contribution in [3.05, 3.63) is 53.6 Å². The number of thioether (sulfide) groups is 1. The van der Waals surface area contributed by atoms with E-state index in [9.17, 15) is 4.79 Å². The van der Waals surface area contributed by atoms with E-state index in [1.807, 2.05) is 40.1 Å². The van der Waals surface area contributed by atoms with Gasteiger partial charge in [-0.15, -0.1) is 0 Å². The van der Waals surface area contributed by atoms with Gasteiger partial charge in [0, 0.05) is 19.4 Å². The largest absolute Gasteiger partial charge is 0.322 e. The summed E-state index contributed by atoms with van der Waals surface area (Å²) in [6.45, 7) is 10.1. The fraction of sp³-hybridized carbons (Fsp3) is 0.381. The summed E-state index contributed by atoms with van der Waals surface area (Å²) in [5.74, 6) is 0.338. The van der Waals surface area contributed by atoms with Crippen molar-refractivity contribution in [2.45, 2.75) is 50.9 Å². The van der Waals surface area contributed by atoms with Gasteiger partial charge in [-0.3, -0.25) is 14.0 Å². The van der Waals surface area contributed by atoms with Gasteiger partial charge in [-0.25, -0.2) is 4.98 Å². The minimum atomic E-state index is -0.300. The number of anilines is 1. The van der Waals surface area contributed by atoms with Crippen molar-refractivity contribution >= 4 is 23.4 Å². The zero-order valence-electron chi connectivity index (χ0n) is 17.2. The number of hydrogen-bond acceptors (Lipinski definition) is 4. The number of carbonyl (C=O) groups excluding carboxylic acids is 1. The van der Waals surface area contributed by atoms with E-state index in [1.54, 1.807) is 10.9 Å². The average Bonchev–Trinajstić information content (AvgIpc) is 3.21. The van der Waals surface area contributed by atoms with Crippen LogP contribution in [0.4, 0.5) is 5.69 Å². The van der Waals surface area contributed by atoms with Crippen molar-refractivity contribution in [2.75, 3.05) is 5.32 Å². The second-order valence-corrected chi connectivity index (χ2v) is 8.52. The van der Waals surface area contributed by atoms with Crippen LogP contribution < -0.4 is 5.32 Å². The highest BCUT2D eigenvalue weighted by molar-refractivity contribution is 8.00. The van der Waals surface area contributed by atoms with Crippen molar-refractivity contribution in [3.63, 3.8) is 0 Å². The maximum absolute atomic E-state index is 12.8. The Morgan fingerprint density at radius 3 is 2.54 bits per heavy atom. The molecule has 2 heterocycles. The molecule has 0 aliphatic carbocycles. The third-order valence-electron chi connectivity index (χ3n) is 4.83. The fourth-order valence-corrected chi connectivity index (χ4v) is 4.02. The highest BCUT2D eigenvalue weighted by Gasteiger charge is 2.21. The summed E-state index contributed by atoms with van der Waals surface area (Å²) < 4.78 is 3.84. The third kappa shape index (κ3) is 3.99. The number of hydrogen-bond donors (Lipinski definition) is 1. The normalized spacial score (nSPS) is 12.4. The Kier molecular flexibility index (Phi) is 5.93. The summed E-state index contributed by atoms with van der Waals surface area (Å²) in [5.41, 5.74) is 4.90. The highest BCUT2D eigenvalue weighted by Crippen LogP contribution is 2.30. The molecule has 0 radical (unpaired) electrons. The molecule has 1 aromatic carbocycles. The zero-order valence-corrected chi connectivity index (χ0v) is 18.0. The minimum Gasteiger partial charge on any atom is -0.322 e. The van der Waals surface area contributed by atoms with E-state index < -0.39 is 0 Å². The van der Waals surface area contributed by atoms with Crippen LogP contribution in [0.2, 0.25) is 0 Å². The van der Waals surface area contributed by atoms with Gasteiger partial charge in [0.15, 0.2) is 5.16 Å². The first-order valence-electron chi connectivity index (χ1n) is 9.40. The molecule has 6 nitrogen and oxygen atoms in total. The monoisotopic (exact) mass is 397 g/mol. The van der Waals surface area contributed by atoms with Crippen LogP contribution in [0.15, 0.2) is 41.8 Å². The molecular formula is C21H27N5OS. The van der Waals surface area contributed by atoms with Gasteiger partial charge in [-0.05, 0) is 38.3 Å². The van der Waals surface area contributed by atoms with Gasteiger partial charge in [-0.1, -0.05) is 43.8 Å². The van der Waals surface area contributed by atoms with E-state index in [0.717, 1.165) is 27.9 Å². The number of amides is 1. The Morgan fingerprint density at radius 1 is 1.18 bits per heavy atom. The molecule has 1 N–H and O–H groups in total. The van der Waals surface area contributed by atoms with E-state index in [-0.39, 0.29) is 11.2 Å². The number of nitrogens with one attached hydrogen (secondary N) is 1. The number of aryl methyl sites for hydroxylation is 2. The molecular weight excluding hydrogens is 370 g/mol. The number of rotatable bonds is 6. The average molecular weight is 398 g/mol. The maximum Gasteiger partial charge on any atom is 0.237 e.